The minimum absolute atomic E-state index is 0.153. The molecule has 0 bridgehead atoms. The zero-order valence-electron chi connectivity index (χ0n) is 10.3. The van der Waals surface area contributed by atoms with Crippen LogP contribution in [-0.4, -0.2) is 25.9 Å². The molecule has 0 saturated carbocycles. The molecule has 1 aliphatic rings. The first-order chi connectivity index (χ1) is 6.43. The molecule has 0 aromatic rings. The van der Waals surface area contributed by atoms with Crippen molar-refractivity contribution < 1.29 is 9.47 Å². The van der Waals surface area contributed by atoms with Crippen LogP contribution < -0.4 is 0 Å². The SMILES string of the molecule is COC[C@]1(C)C(C)OC(C)C(C)C1C. The molecule has 1 rings (SSSR count). The van der Waals surface area contributed by atoms with E-state index in [1.54, 1.807) is 7.11 Å². The number of rotatable bonds is 2. The summed E-state index contributed by atoms with van der Waals surface area (Å²) in [5.74, 6) is 1.24. The molecule has 0 amide bonds. The van der Waals surface area contributed by atoms with E-state index in [1.807, 2.05) is 0 Å². The third-order valence-electron chi connectivity index (χ3n) is 4.37. The quantitative estimate of drug-likeness (QED) is 0.682. The second-order valence-corrected chi connectivity index (χ2v) is 5.07. The van der Waals surface area contributed by atoms with E-state index in [1.165, 1.54) is 0 Å². The van der Waals surface area contributed by atoms with Crippen LogP contribution in [0.15, 0.2) is 0 Å². The maximum atomic E-state index is 5.96. The van der Waals surface area contributed by atoms with Crippen molar-refractivity contribution >= 4 is 0 Å². The molecule has 0 aromatic heterocycles. The molecule has 1 heterocycles. The van der Waals surface area contributed by atoms with Crippen molar-refractivity contribution in [1.29, 1.82) is 0 Å². The molecule has 1 saturated heterocycles. The average Bonchev–Trinajstić information content (AvgIpc) is 2.13. The first kappa shape index (κ1) is 12.0. The summed E-state index contributed by atoms with van der Waals surface area (Å²) in [5.41, 5.74) is 0.153. The van der Waals surface area contributed by atoms with Gasteiger partial charge in [-0.15, -0.1) is 0 Å². The molecular weight excluding hydrogens is 176 g/mol. The summed E-state index contributed by atoms with van der Waals surface area (Å²) in [6.45, 7) is 12.0. The van der Waals surface area contributed by atoms with Crippen molar-refractivity contribution in [2.45, 2.75) is 46.8 Å². The van der Waals surface area contributed by atoms with Gasteiger partial charge in [0.05, 0.1) is 18.8 Å². The van der Waals surface area contributed by atoms with Gasteiger partial charge in [-0.1, -0.05) is 20.8 Å². The minimum atomic E-state index is 0.153. The summed E-state index contributed by atoms with van der Waals surface area (Å²) < 4.78 is 11.3. The molecular formula is C12H24O2. The molecule has 0 N–H and O–H groups in total. The highest BCUT2D eigenvalue weighted by atomic mass is 16.5. The van der Waals surface area contributed by atoms with Gasteiger partial charge in [-0.2, -0.15) is 0 Å². The third kappa shape index (κ3) is 1.82. The Kier molecular flexibility index (Phi) is 3.59. The number of ether oxygens (including phenoxy) is 2. The van der Waals surface area contributed by atoms with Gasteiger partial charge in [0.25, 0.3) is 0 Å². The molecule has 2 nitrogen and oxygen atoms in total. The van der Waals surface area contributed by atoms with Crippen LogP contribution in [0.3, 0.4) is 0 Å². The average molecular weight is 200 g/mol. The fourth-order valence-corrected chi connectivity index (χ4v) is 2.54. The third-order valence-corrected chi connectivity index (χ3v) is 4.37. The molecule has 0 aromatic carbocycles. The van der Waals surface area contributed by atoms with E-state index in [-0.39, 0.29) is 11.5 Å². The first-order valence-corrected chi connectivity index (χ1v) is 5.58. The highest BCUT2D eigenvalue weighted by Gasteiger charge is 2.46. The first-order valence-electron chi connectivity index (χ1n) is 5.58. The Morgan fingerprint density at radius 1 is 1.21 bits per heavy atom. The van der Waals surface area contributed by atoms with Gasteiger partial charge >= 0.3 is 0 Å². The standard InChI is InChI=1S/C12H24O2/c1-8-9(2)12(5,7-13-6)11(4)14-10(8)3/h8-11H,7H2,1-6H3/t8?,9?,10?,11?,12-/m0/s1. The van der Waals surface area contributed by atoms with Crippen LogP contribution >= 0.6 is 0 Å². The summed E-state index contributed by atoms with van der Waals surface area (Å²) in [5, 5.41) is 0. The van der Waals surface area contributed by atoms with Gasteiger partial charge in [-0.05, 0) is 25.7 Å². The van der Waals surface area contributed by atoms with Crippen molar-refractivity contribution in [1.82, 2.24) is 0 Å². The van der Waals surface area contributed by atoms with Gasteiger partial charge in [0.15, 0.2) is 0 Å². The van der Waals surface area contributed by atoms with Crippen molar-refractivity contribution in [3.63, 3.8) is 0 Å². The molecule has 1 aliphatic heterocycles. The van der Waals surface area contributed by atoms with Crippen LogP contribution in [0.1, 0.15) is 34.6 Å². The van der Waals surface area contributed by atoms with E-state index in [2.05, 4.69) is 34.6 Å². The smallest absolute Gasteiger partial charge is 0.0629 e. The molecule has 0 radical (unpaired) electrons. The fraction of sp³-hybridized carbons (Fsp3) is 1.00. The van der Waals surface area contributed by atoms with Crippen LogP contribution in [0.2, 0.25) is 0 Å². The Balaban J connectivity index is 2.82. The van der Waals surface area contributed by atoms with Crippen LogP contribution in [0.25, 0.3) is 0 Å². The molecule has 1 fully saturated rings. The highest BCUT2D eigenvalue weighted by Crippen LogP contribution is 2.44. The Hall–Kier alpha value is -0.0800. The van der Waals surface area contributed by atoms with Crippen LogP contribution in [0.5, 0.6) is 0 Å². The zero-order valence-corrected chi connectivity index (χ0v) is 10.3. The Morgan fingerprint density at radius 3 is 2.29 bits per heavy atom. The van der Waals surface area contributed by atoms with E-state index >= 15 is 0 Å². The molecule has 14 heavy (non-hydrogen) atoms. The molecule has 2 heteroatoms. The van der Waals surface area contributed by atoms with Gasteiger partial charge < -0.3 is 9.47 Å². The predicted molar refractivity (Wildman–Crippen MR) is 58.3 cm³/mol. The molecule has 84 valence electrons. The van der Waals surface area contributed by atoms with E-state index in [4.69, 9.17) is 9.47 Å². The van der Waals surface area contributed by atoms with Gasteiger partial charge in [0.1, 0.15) is 0 Å². The van der Waals surface area contributed by atoms with Gasteiger partial charge in [-0.25, -0.2) is 0 Å². The fourth-order valence-electron chi connectivity index (χ4n) is 2.54. The topological polar surface area (TPSA) is 18.5 Å². The van der Waals surface area contributed by atoms with Gasteiger partial charge in [0, 0.05) is 12.5 Å². The van der Waals surface area contributed by atoms with E-state index in [9.17, 15) is 0 Å². The van der Waals surface area contributed by atoms with E-state index in [0.717, 1.165) is 6.61 Å². The van der Waals surface area contributed by atoms with Crippen LogP contribution in [0.4, 0.5) is 0 Å². The van der Waals surface area contributed by atoms with Crippen molar-refractivity contribution in [3.05, 3.63) is 0 Å². The summed E-state index contributed by atoms with van der Waals surface area (Å²) in [6.07, 6.45) is 0.647. The summed E-state index contributed by atoms with van der Waals surface area (Å²) in [6, 6.07) is 0. The van der Waals surface area contributed by atoms with Crippen molar-refractivity contribution in [3.8, 4) is 0 Å². The number of hydrogen-bond donors (Lipinski definition) is 0. The summed E-state index contributed by atoms with van der Waals surface area (Å²) >= 11 is 0. The van der Waals surface area contributed by atoms with Gasteiger partial charge in [0.2, 0.25) is 0 Å². The minimum Gasteiger partial charge on any atom is -0.384 e. The number of methoxy groups -OCH3 is 1. The molecule has 5 atom stereocenters. The predicted octanol–water partition coefficient (Wildman–Crippen LogP) is 2.72. The summed E-state index contributed by atoms with van der Waals surface area (Å²) in [7, 11) is 1.77. The second kappa shape index (κ2) is 4.19. The Bertz CT molecular complexity index is 193. The summed E-state index contributed by atoms with van der Waals surface area (Å²) in [4.78, 5) is 0. The van der Waals surface area contributed by atoms with Crippen molar-refractivity contribution in [2.75, 3.05) is 13.7 Å². The van der Waals surface area contributed by atoms with Crippen molar-refractivity contribution in [2.24, 2.45) is 17.3 Å². The largest absolute Gasteiger partial charge is 0.384 e. The van der Waals surface area contributed by atoms with Gasteiger partial charge in [-0.3, -0.25) is 0 Å². The van der Waals surface area contributed by atoms with Crippen LogP contribution in [0, 0.1) is 17.3 Å². The second-order valence-electron chi connectivity index (χ2n) is 5.07. The normalized spacial score (nSPS) is 49.3. The lowest BCUT2D eigenvalue weighted by Crippen LogP contribution is -2.52. The number of hydrogen-bond acceptors (Lipinski definition) is 2. The monoisotopic (exact) mass is 200 g/mol. The molecule has 4 unspecified atom stereocenters. The lowest BCUT2D eigenvalue weighted by atomic mass is 9.66. The zero-order chi connectivity index (χ0) is 10.9. The highest BCUT2D eigenvalue weighted by molar-refractivity contribution is 4.93. The Morgan fingerprint density at radius 2 is 1.79 bits per heavy atom. The lowest BCUT2D eigenvalue weighted by Gasteiger charge is -2.50. The Labute approximate surface area is 88.0 Å². The van der Waals surface area contributed by atoms with E-state index in [0.29, 0.717) is 17.9 Å². The molecule has 0 spiro atoms. The maximum absolute atomic E-state index is 5.96. The maximum Gasteiger partial charge on any atom is 0.0629 e. The molecule has 0 aliphatic carbocycles. The lowest BCUT2D eigenvalue weighted by molar-refractivity contribution is -0.182. The van der Waals surface area contributed by atoms with Crippen LogP contribution in [-0.2, 0) is 9.47 Å². The van der Waals surface area contributed by atoms with E-state index < -0.39 is 0 Å².